The van der Waals surface area contributed by atoms with Crippen LogP contribution in [-0.2, 0) is 17.8 Å². The first-order valence-corrected chi connectivity index (χ1v) is 7.79. The lowest BCUT2D eigenvalue weighted by molar-refractivity contribution is -0.117. The predicted octanol–water partition coefficient (Wildman–Crippen LogP) is 2.80. The van der Waals surface area contributed by atoms with Crippen LogP contribution in [0.4, 0.5) is 9.93 Å². The van der Waals surface area contributed by atoms with E-state index in [1.165, 1.54) is 11.3 Å². The lowest BCUT2D eigenvalue weighted by Gasteiger charge is -2.06. The maximum atomic E-state index is 11.8. The molecule has 0 unspecified atom stereocenters. The van der Waals surface area contributed by atoms with Crippen molar-refractivity contribution in [1.82, 2.24) is 10.3 Å². The third kappa shape index (κ3) is 4.87. The van der Waals surface area contributed by atoms with Crippen LogP contribution >= 0.6 is 34.5 Å². The van der Waals surface area contributed by atoms with E-state index in [9.17, 15) is 9.59 Å². The maximum Gasteiger partial charge on any atom is 0.321 e. The van der Waals surface area contributed by atoms with Crippen LogP contribution in [0.15, 0.2) is 23.6 Å². The number of hydrogen-bond donors (Lipinski definition) is 3. The summed E-state index contributed by atoms with van der Waals surface area (Å²) in [5.41, 5.74) is 6.42. The second-order valence-electron chi connectivity index (χ2n) is 4.34. The summed E-state index contributed by atoms with van der Waals surface area (Å²) in [6.07, 6.45) is 0.0447. The van der Waals surface area contributed by atoms with Crippen molar-refractivity contribution in [2.45, 2.75) is 13.0 Å². The standard InChI is InChI=1S/C13H12Cl2N4O2S/c14-9-2-1-7(3-10(9)15)5-17-12(21)19-13-18-8(6-22-13)4-11(16)20/h1-3,6H,4-5H2,(H2,16,20)(H2,17,18,19,21). The highest BCUT2D eigenvalue weighted by Crippen LogP contribution is 2.22. The number of halogens is 2. The number of primary amides is 1. The van der Waals surface area contributed by atoms with Crippen molar-refractivity contribution in [3.63, 3.8) is 0 Å². The zero-order valence-corrected chi connectivity index (χ0v) is 13.6. The van der Waals surface area contributed by atoms with Gasteiger partial charge in [-0.1, -0.05) is 29.3 Å². The van der Waals surface area contributed by atoms with E-state index in [0.29, 0.717) is 27.4 Å². The third-order valence-corrected chi connectivity index (χ3v) is 4.11. The number of rotatable bonds is 5. The quantitative estimate of drug-likeness (QED) is 0.766. The summed E-state index contributed by atoms with van der Waals surface area (Å²) in [6.45, 7) is 0.294. The molecule has 1 heterocycles. The molecule has 116 valence electrons. The molecule has 0 aliphatic rings. The predicted molar refractivity (Wildman–Crippen MR) is 87.3 cm³/mol. The van der Waals surface area contributed by atoms with Gasteiger partial charge in [0.15, 0.2) is 5.13 Å². The van der Waals surface area contributed by atoms with Crippen LogP contribution in [0.25, 0.3) is 0 Å². The lowest BCUT2D eigenvalue weighted by Crippen LogP contribution is -2.28. The molecule has 0 radical (unpaired) electrons. The van der Waals surface area contributed by atoms with Crippen LogP contribution in [0.3, 0.4) is 0 Å². The van der Waals surface area contributed by atoms with Crippen LogP contribution < -0.4 is 16.4 Å². The van der Waals surface area contributed by atoms with Crippen molar-refractivity contribution < 1.29 is 9.59 Å². The van der Waals surface area contributed by atoms with Gasteiger partial charge < -0.3 is 11.1 Å². The molecule has 0 saturated heterocycles. The summed E-state index contributed by atoms with van der Waals surface area (Å²) >= 11 is 12.9. The number of thiazole rings is 1. The van der Waals surface area contributed by atoms with E-state index in [-0.39, 0.29) is 6.42 Å². The van der Waals surface area contributed by atoms with Crippen molar-refractivity contribution >= 4 is 51.6 Å². The van der Waals surface area contributed by atoms with E-state index in [1.54, 1.807) is 23.6 Å². The van der Waals surface area contributed by atoms with E-state index in [0.717, 1.165) is 5.56 Å². The molecule has 0 aliphatic carbocycles. The zero-order chi connectivity index (χ0) is 16.1. The van der Waals surface area contributed by atoms with E-state index in [1.807, 2.05) is 0 Å². The molecule has 2 aromatic rings. The lowest BCUT2D eigenvalue weighted by atomic mass is 10.2. The SMILES string of the molecule is NC(=O)Cc1csc(NC(=O)NCc2ccc(Cl)c(Cl)c2)n1. The monoisotopic (exact) mass is 358 g/mol. The van der Waals surface area contributed by atoms with Crippen LogP contribution in [0.2, 0.25) is 10.0 Å². The highest BCUT2D eigenvalue weighted by molar-refractivity contribution is 7.13. The fourth-order valence-electron chi connectivity index (χ4n) is 1.60. The summed E-state index contributed by atoms with van der Waals surface area (Å²) in [5.74, 6) is -0.471. The Hall–Kier alpha value is -1.83. The number of hydrogen-bond acceptors (Lipinski definition) is 4. The van der Waals surface area contributed by atoms with Gasteiger partial charge in [-0.2, -0.15) is 0 Å². The minimum atomic E-state index is -0.471. The van der Waals surface area contributed by atoms with Gasteiger partial charge in [-0.15, -0.1) is 11.3 Å². The molecule has 9 heteroatoms. The average Bonchev–Trinajstić information content (AvgIpc) is 2.86. The van der Waals surface area contributed by atoms with Crippen molar-refractivity contribution in [1.29, 1.82) is 0 Å². The first-order valence-electron chi connectivity index (χ1n) is 6.15. The summed E-state index contributed by atoms with van der Waals surface area (Å²) < 4.78 is 0. The van der Waals surface area contributed by atoms with Gasteiger partial charge in [0, 0.05) is 11.9 Å². The molecule has 0 atom stereocenters. The van der Waals surface area contributed by atoms with E-state index in [4.69, 9.17) is 28.9 Å². The number of amides is 3. The summed E-state index contributed by atoms with van der Waals surface area (Å²) in [6, 6.07) is 4.70. The molecular formula is C13H12Cl2N4O2S. The Morgan fingerprint density at radius 2 is 2.05 bits per heavy atom. The van der Waals surface area contributed by atoms with Gasteiger partial charge in [0.1, 0.15) is 0 Å². The van der Waals surface area contributed by atoms with E-state index in [2.05, 4.69) is 15.6 Å². The van der Waals surface area contributed by atoms with Crippen LogP contribution in [0, 0.1) is 0 Å². The summed E-state index contributed by atoms with van der Waals surface area (Å²) in [5, 5.41) is 8.19. The molecule has 0 aliphatic heterocycles. The minimum Gasteiger partial charge on any atom is -0.369 e. The van der Waals surface area contributed by atoms with Gasteiger partial charge in [-0.05, 0) is 17.7 Å². The maximum absolute atomic E-state index is 11.8. The van der Waals surface area contributed by atoms with Gasteiger partial charge in [0.05, 0.1) is 22.2 Å². The number of benzene rings is 1. The summed E-state index contributed by atoms with van der Waals surface area (Å²) in [4.78, 5) is 26.6. The molecule has 0 spiro atoms. The Morgan fingerprint density at radius 3 is 2.73 bits per heavy atom. The van der Waals surface area contributed by atoms with Crippen molar-refractivity contribution in [2.24, 2.45) is 5.73 Å². The number of urea groups is 1. The fraction of sp³-hybridized carbons (Fsp3) is 0.154. The van der Waals surface area contributed by atoms with Crippen LogP contribution in [0.1, 0.15) is 11.3 Å². The van der Waals surface area contributed by atoms with Crippen molar-refractivity contribution in [3.8, 4) is 0 Å². The smallest absolute Gasteiger partial charge is 0.321 e. The molecule has 0 saturated carbocycles. The number of carbonyl (C=O) groups is 2. The van der Waals surface area contributed by atoms with Gasteiger partial charge in [0.2, 0.25) is 5.91 Å². The van der Waals surface area contributed by atoms with Crippen molar-refractivity contribution in [2.75, 3.05) is 5.32 Å². The van der Waals surface area contributed by atoms with Gasteiger partial charge in [0.25, 0.3) is 0 Å². The summed E-state index contributed by atoms with van der Waals surface area (Å²) in [7, 11) is 0. The second kappa shape index (κ2) is 7.44. The first-order chi connectivity index (χ1) is 10.4. The molecule has 22 heavy (non-hydrogen) atoms. The van der Waals surface area contributed by atoms with E-state index < -0.39 is 11.9 Å². The molecule has 1 aromatic heterocycles. The Morgan fingerprint density at radius 1 is 1.27 bits per heavy atom. The number of anilines is 1. The fourth-order valence-corrected chi connectivity index (χ4v) is 2.62. The Bertz CT molecular complexity index is 705. The van der Waals surface area contributed by atoms with Gasteiger partial charge in [-0.25, -0.2) is 9.78 Å². The first kappa shape index (κ1) is 16.5. The zero-order valence-electron chi connectivity index (χ0n) is 11.2. The number of nitrogens with two attached hydrogens (primary N) is 1. The minimum absolute atomic E-state index is 0.0447. The molecule has 0 fully saturated rings. The molecule has 1 aromatic carbocycles. The van der Waals surface area contributed by atoms with Crippen molar-refractivity contribution in [3.05, 3.63) is 44.9 Å². The number of carbonyl (C=O) groups excluding carboxylic acids is 2. The molecule has 3 amide bonds. The molecule has 0 bridgehead atoms. The third-order valence-electron chi connectivity index (χ3n) is 2.56. The highest BCUT2D eigenvalue weighted by atomic mass is 35.5. The second-order valence-corrected chi connectivity index (χ2v) is 6.02. The molecule has 6 nitrogen and oxygen atoms in total. The Kier molecular flexibility index (Phi) is 5.59. The highest BCUT2D eigenvalue weighted by Gasteiger charge is 2.08. The topological polar surface area (TPSA) is 97.1 Å². The molecule has 2 rings (SSSR count). The Labute approximate surface area is 140 Å². The van der Waals surface area contributed by atoms with E-state index >= 15 is 0 Å². The number of nitrogens with zero attached hydrogens (tertiary/aromatic N) is 1. The number of aromatic nitrogens is 1. The Balaban J connectivity index is 1.86. The molecule has 4 N–H and O–H groups in total. The van der Waals surface area contributed by atoms with Crippen LogP contribution in [-0.4, -0.2) is 16.9 Å². The normalized spacial score (nSPS) is 10.3. The molecular weight excluding hydrogens is 347 g/mol. The largest absolute Gasteiger partial charge is 0.369 e. The van der Waals surface area contributed by atoms with Gasteiger partial charge in [-0.3, -0.25) is 10.1 Å². The van der Waals surface area contributed by atoms with Crippen LogP contribution in [0.5, 0.6) is 0 Å². The average molecular weight is 359 g/mol. The van der Waals surface area contributed by atoms with Gasteiger partial charge >= 0.3 is 6.03 Å². The number of nitrogens with one attached hydrogen (secondary N) is 2.